The van der Waals surface area contributed by atoms with Crippen LogP contribution in [0.5, 0.6) is 5.75 Å². The molecule has 0 aromatic heterocycles. The van der Waals surface area contributed by atoms with E-state index in [-0.39, 0.29) is 12.4 Å². The predicted molar refractivity (Wildman–Crippen MR) is 93.7 cm³/mol. The lowest BCUT2D eigenvalue weighted by Gasteiger charge is -2.32. The molecule has 1 aliphatic rings. The Morgan fingerprint density at radius 1 is 1.08 bits per heavy atom. The second kappa shape index (κ2) is 7.15. The Hall–Kier alpha value is -1.53. The summed E-state index contributed by atoms with van der Waals surface area (Å²) in [6.45, 7) is 12.6. The van der Waals surface area contributed by atoms with Crippen molar-refractivity contribution in [3.05, 3.63) is 23.8 Å². The first kappa shape index (κ1) is 18.8. The number of benzene rings is 1. The van der Waals surface area contributed by atoms with Crippen molar-refractivity contribution in [2.45, 2.75) is 59.2 Å². The summed E-state index contributed by atoms with van der Waals surface area (Å²) >= 11 is 0. The van der Waals surface area contributed by atoms with Gasteiger partial charge in [0.25, 0.3) is 0 Å². The average Bonchev–Trinajstić information content (AvgIpc) is 2.69. The number of hydrogen-bond acceptors (Lipinski definition) is 5. The molecule has 5 nitrogen and oxygen atoms in total. The number of rotatable bonds is 6. The Bertz CT molecular complexity index is 581. The van der Waals surface area contributed by atoms with Crippen LogP contribution in [-0.2, 0) is 25.3 Å². The molecule has 0 unspecified atom stereocenters. The summed E-state index contributed by atoms with van der Waals surface area (Å²) in [6, 6.07) is 5.68. The van der Waals surface area contributed by atoms with E-state index in [0.717, 1.165) is 11.0 Å². The molecule has 0 radical (unpaired) electrons. The molecular weight excluding hydrogens is 307 g/mol. The van der Waals surface area contributed by atoms with Crippen LogP contribution in [0, 0.1) is 0 Å². The largest absolute Gasteiger partial charge is 0.498 e. The van der Waals surface area contributed by atoms with Gasteiger partial charge in [0, 0.05) is 11.0 Å². The van der Waals surface area contributed by atoms with Gasteiger partial charge in [0.2, 0.25) is 0 Å². The van der Waals surface area contributed by atoms with Crippen molar-refractivity contribution in [2.75, 3.05) is 13.2 Å². The van der Waals surface area contributed by atoms with Crippen LogP contribution >= 0.6 is 0 Å². The zero-order chi connectivity index (χ0) is 18.0. The lowest BCUT2D eigenvalue weighted by molar-refractivity contribution is -0.142. The van der Waals surface area contributed by atoms with E-state index >= 15 is 0 Å². The summed E-state index contributed by atoms with van der Waals surface area (Å²) in [6.07, 6.45) is 0.163. The molecule has 6 heteroatoms. The van der Waals surface area contributed by atoms with Crippen LogP contribution in [-0.4, -0.2) is 37.5 Å². The van der Waals surface area contributed by atoms with Gasteiger partial charge < -0.3 is 18.8 Å². The van der Waals surface area contributed by atoms with Crippen LogP contribution in [0.2, 0.25) is 0 Å². The Balaban J connectivity index is 2.35. The average molecular weight is 334 g/mol. The Morgan fingerprint density at radius 3 is 2.25 bits per heavy atom. The minimum absolute atomic E-state index is 0.163. The molecule has 0 N–H and O–H groups in total. The van der Waals surface area contributed by atoms with Crippen molar-refractivity contribution in [1.82, 2.24) is 0 Å². The lowest BCUT2D eigenvalue weighted by atomic mass is 9.77. The molecule has 0 amide bonds. The van der Waals surface area contributed by atoms with Gasteiger partial charge in [-0.15, -0.1) is 0 Å². The number of ether oxygens (including phenoxy) is 2. The maximum atomic E-state index is 11.9. The molecule has 24 heavy (non-hydrogen) atoms. The standard InChI is InChI=1S/C18H27BO5/c1-7-21-15(20)12-13-10-9-11-14(16(13)22-8-2)19-23-17(3,4)18(5,6)24-19/h9-11H,7-8,12H2,1-6H3. The summed E-state index contributed by atoms with van der Waals surface area (Å²) in [4.78, 5) is 11.9. The normalized spacial score (nSPS) is 18.5. The Labute approximate surface area is 144 Å². The van der Waals surface area contributed by atoms with Crippen molar-refractivity contribution in [3.8, 4) is 5.75 Å². The first-order valence-corrected chi connectivity index (χ1v) is 8.47. The quantitative estimate of drug-likeness (QED) is 0.591. The zero-order valence-corrected chi connectivity index (χ0v) is 15.5. The Morgan fingerprint density at radius 2 is 1.71 bits per heavy atom. The number of carbonyl (C=O) groups is 1. The van der Waals surface area contributed by atoms with Crippen molar-refractivity contribution in [3.63, 3.8) is 0 Å². The van der Waals surface area contributed by atoms with Gasteiger partial charge in [-0.05, 0) is 41.5 Å². The maximum Gasteiger partial charge on any atom is 0.498 e. The second-order valence-electron chi connectivity index (χ2n) is 6.84. The van der Waals surface area contributed by atoms with Crippen LogP contribution in [0.3, 0.4) is 0 Å². The number of hydrogen-bond donors (Lipinski definition) is 0. The highest BCUT2D eigenvalue weighted by Crippen LogP contribution is 2.37. The summed E-state index contributed by atoms with van der Waals surface area (Å²) in [5, 5.41) is 0. The third-order valence-electron chi connectivity index (χ3n) is 4.56. The van der Waals surface area contributed by atoms with E-state index in [2.05, 4.69) is 0 Å². The molecule has 0 saturated carbocycles. The lowest BCUT2D eigenvalue weighted by Crippen LogP contribution is -2.41. The van der Waals surface area contributed by atoms with Crippen molar-refractivity contribution >= 4 is 18.6 Å². The fourth-order valence-electron chi connectivity index (χ4n) is 2.59. The van der Waals surface area contributed by atoms with E-state index in [1.807, 2.05) is 52.8 Å². The monoisotopic (exact) mass is 334 g/mol. The third-order valence-corrected chi connectivity index (χ3v) is 4.56. The van der Waals surface area contributed by atoms with E-state index in [1.54, 1.807) is 6.92 Å². The molecule has 2 rings (SSSR count). The molecule has 1 saturated heterocycles. The van der Waals surface area contributed by atoms with Gasteiger partial charge >= 0.3 is 13.1 Å². The topological polar surface area (TPSA) is 54.0 Å². The summed E-state index contributed by atoms with van der Waals surface area (Å²) < 4.78 is 23.1. The molecule has 1 aromatic rings. The fraction of sp³-hybridized carbons (Fsp3) is 0.611. The molecule has 0 atom stereocenters. The highest BCUT2D eigenvalue weighted by Gasteiger charge is 2.52. The van der Waals surface area contributed by atoms with Gasteiger partial charge in [-0.1, -0.05) is 18.2 Å². The molecule has 0 spiro atoms. The van der Waals surface area contributed by atoms with Gasteiger partial charge in [0.05, 0.1) is 30.8 Å². The van der Waals surface area contributed by atoms with Crippen LogP contribution < -0.4 is 10.2 Å². The summed E-state index contributed by atoms with van der Waals surface area (Å²) in [5.74, 6) is 0.371. The zero-order valence-electron chi connectivity index (χ0n) is 15.5. The summed E-state index contributed by atoms with van der Waals surface area (Å²) in [5.41, 5.74) is 0.719. The van der Waals surface area contributed by atoms with E-state index in [0.29, 0.717) is 19.0 Å². The maximum absolute atomic E-state index is 11.9. The first-order chi connectivity index (χ1) is 11.2. The first-order valence-electron chi connectivity index (χ1n) is 8.47. The predicted octanol–water partition coefficient (Wildman–Crippen LogP) is 2.49. The van der Waals surface area contributed by atoms with E-state index in [1.165, 1.54) is 0 Å². The van der Waals surface area contributed by atoms with Gasteiger partial charge in [-0.3, -0.25) is 4.79 Å². The fourth-order valence-corrected chi connectivity index (χ4v) is 2.59. The number of esters is 1. The van der Waals surface area contributed by atoms with E-state index < -0.39 is 18.3 Å². The van der Waals surface area contributed by atoms with Crippen LogP contribution in [0.15, 0.2) is 18.2 Å². The molecular formula is C18H27BO5. The third kappa shape index (κ3) is 3.76. The second-order valence-corrected chi connectivity index (χ2v) is 6.84. The van der Waals surface area contributed by atoms with Crippen molar-refractivity contribution in [2.24, 2.45) is 0 Å². The van der Waals surface area contributed by atoms with Gasteiger partial charge in [0.15, 0.2) is 0 Å². The molecule has 1 aliphatic heterocycles. The number of para-hydroxylation sites is 1. The molecule has 1 aromatic carbocycles. The minimum atomic E-state index is -0.529. The van der Waals surface area contributed by atoms with Gasteiger partial charge in [-0.25, -0.2) is 0 Å². The molecule has 1 fully saturated rings. The number of carbonyl (C=O) groups excluding carboxylic acids is 1. The van der Waals surface area contributed by atoms with Crippen molar-refractivity contribution in [1.29, 1.82) is 0 Å². The van der Waals surface area contributed by atoms with Crippen LogP contribution in [0.4, 0.5) is 0 Å². The smallest absolute Gasteiger partial charge is 0.494 e. The Kier molecular flexibility index (Phi) is 5.61. The van der Waals surface area contributed by atoms with Gasteiger partial charge in [0.1, 0.15) is 5.75 Å². The highest BCUT2D eigenvalue weighted by molar-refractivity contribution is 6.63. The highest BCUT2D eigenvalue weighted by atomic mass is 16.7. The molecule has 132 valence electrons. The molecule has 1 heterocycles. The van der Waals surface area contributed by atoms with Crippen LogP contribution in [0.1, 0.15) is 47.1 Å². The molecule has 0 bridgehead atoms. The van der Waals surface area contributed by atoms with E-state index in [9.17, 15) is 4.79 Å². The molecule has 0 aliphatic carbocycles. The van der Waals surface area contributed by atoms with E-state index in [4.69, 9.17) is 18.8 Å². The SMILES string of the molecule is CCOC(=O)Cc1cccc(B2OC(C)(C)C(C)(C)O2)c1OCC. The summed E-state index contributed by atoms with van der Waals surface area (Å²) in [7, 11) is -0.529. The minimum Gasteiger partial charge on any atom is -0.494 e. The van der Waals surface area contributed by atoms with Crippen LogP contribution in [0.25, 0.3) is 0 Å². The van der Waals surface area contributed by atoms with Crippen molar-refractivity contribution < 1.29 is 23.6 Å². The van der Waals surface area contributed by atoms with Gasteiger partial charge in [-0.2, -0.15) is 0 Å².